The highest BCUT2D eigenvalue weighted by Crippen LogP contribution is 2.17. The molecule has 128 valence electrons. The Hall–Kier alpha value is -1.76. The van der Waals surface area contributed by atoms with Gasteiger partial charge in [-0.05, 0) is 30.9 Å². The molecule has 0 unspecified atom stereocenters. The van der Waals surface area contributed by atoms with Gasteiger partial charge in [0.1, 0.15) is 10.7 Å². The average Bonchev–Trinajstić information content (AvgIpc) is 3.08. The lowest BCUT2D eigenvalue weighted by molar-refractivity contribution is 0.0904. The van der Waals surface area contributed by atoms with Gasteiger partial charge in [0.25, 0.3) is 5.91 Å². The highest BCUT2D eigenvalue weighted by atomic mass is 32.1. The molecule has 6 heteroatoms. The van der Waals surface area contributed by atoms with E-state index in [2.05, 4.69) is 46.4 Å². The van der Waals surface area contributed by atoms with Crippen LogP contribution in [-0.2, 0) is 13.1 Å². The molecule has 1 amide bonds. The molecule has 0 aliphatic carbocycles. The van der Waals surface area contributed by atoms with Crippen molar-refractivity contribution in [3.05, 3.63) is 51.5 Å². The number of rotatable bonds is 5. The first kappa shape index (κ1) is 17.1. The number of benzene rings is 1. The maximum Gasteiger partial charge on any atom is 0.270 e. The Morgan fingerprint density at radius 2 is 2.12 bits per heavy atom. The molecule has 1 aliphatic rings. The smallest absolute Gasteiger partial charge is 0.270 e. The van der Waals surface area contributed by atoms with E-state index in [9.17, 15) is 4.79 Å². The fourth-order valence-electron chi connectivity index (χ4n) is 3.03. The minimum atomic E-state index is -0.0803. The predicted octanol–water partition coefficient (Wildman–Crippen LogP) is 2.30. The maximum atomic E-state index is 12.2. The summed E-state index contributed by atoms with van der Waals surface area (Å²) in [6.45, 7) is 5.54. The summed E-state index contributed by atoms with van der Waals surface area (Å²) in [6.07, 6.45) is 1.96. The van der Waals surface area contributed by atoms with Crippen molar-refractivity contribution < 1.29 is 4.79 Å². The molecular formula is C18H24N4OS. The lowest BCUT2D eigenvalue weighted by Gasteiger charge is -2.32. The van der Waals surface area contributed by atoms with Crippen LogP contribution in [0.3, 0.4) is 0 Å². The van der Waals surface area contributed by atoms with Gasteiger partial charge in [-0.15, -0.1) is 11.3 Å². The molecular weight excluding hydrogens is 320 g/mol. The van der Waals surface area contributed by atoms with E-state index >= 15 is 0 Å². The summed E-state index contributed by atoms with van der Waals surface area (Å²) in [7, 11) is 0. The summed E-state index contributed by atoms with van der Waals surface area (Å²) in [5.74, 6) is -0.0803. The number of hydrogen-bond acceptors (Lipinski definition) is 5. The number of carbonyl (C=O) groups is 1. The number of thiazole rings is 1. The Kier molecular flexibility index (Phi) is 5.60. The Morgan fingerprint density at radius 3 is 2.79 bits per heavy atom. The topological polar surface area (TPSA) is 71.2 Å². The molecule has 1 saturated heterocycles. The van der Waals surface area contributed by atoms with E-state index in [-0.39, 0.29) is 11.9 Å². The first-order valence-corrected chi connectivity index (χ1v) is 9.26. The fraction of sp³-hybridized carbons (Fsp3) is 0.444. The van der Waals surface area contributed by atoms with E-state index in [4.69, 9.17) is 5.73 Å². The van der Waals surface area contributed by atoms with Gasteiger partial charge in [0.2, 0.25) is 0 Å². The number of aryl methyl sites for hydroxylation is 1. The minimum Gasteiger partial charge on any atom is -0.348 e. The van der Waals surface area contributed by atoms with E-state index in [1.165, 1.54) is 22.5 Å². The van der Waals surface area contributed by atoms with Crippen molar-refractivity contribution in [2.45, 2.75) is 38.9 Å². The number of piperidine rings is 1. The quantitative estimate of drug-likeness (QED) is 0.873. The zero-order valence-corrected chi connectivity index (χ0v) is 14.8. The zero-order chi connectivity index (χ0) is 16.9. The maximum absolute atomic E-state index is 12.2. The van der Waals surface area contributed by atoms with E-state index in [0.717, 1.165) is 37.5 Å². The monoisotopic (exact) mass is 344 g/mol. The molecule has 24 heavy (non-hydrogen) atoms. The van der Waals surface area contributed by atoms with Gasteiger partial charge in [-0.2, -0.15) is 0 Å². The van der Waals surface area contributed by atoms with E-state index in [1.807, 2.05) is 0 Å². The van der Waals surface area contributed by atoms with Crippen LogP contribution >= 0.6 is 11.3 Å². The standard InChI is InChI=1S/C18H24N4OS/c1-13-4-2-3-5-14(13)11-22-8-6-15(7-9-22)20-18(23)16-12-24-17(10-19)21-16/h2-5,12,15H,6-11,19H2,1H3,(H,20,23). The van der Waals surface area contributed by atoms with Crippen molar-refractivity contribution in [2.24, 2.45) is 5.73 Å². The van der Waals surface area contributed by atoms with Crippen molar-refractivity contribution in [1.82, 2.24) is 15.2 Å². The third-order valence-electron chi connectivity index (χ3n) is 4.54. The molecule has 3 rings (SSSR count). The Balaban J connectivity index is 1.48. The van der Waals surface area contributed by atoms with Gasteiger partial charge in [-0.1, -0.05) is 24.3 Å². The number of nitrogens with one attached hydrogen (secondary N) is 1. The third kappa shape index (κ3) is 4.20. The molecule has 0 bridgehead atoms. The molecule has 0 radical (unpaired) electrons. The molecule has 3 N–H and O–H groups in total. The van der Waals surface area contributed by atoms with Crippen molar-refractivity contribution in [2.75, 3.05) is 13.1 Å². The number of amides is 1. The van der Waals surface area contributed by atoms with Gasteiger partial charge in [0.05, 0.1) is 0 Å². The summed E-state index contributed by atoms with van der Waals surface area (Å²) in [6, 6.07) is 8.76. The van der Waals surface area contributed by atoms with Gasteiger partial charge in [-0.3, -0.25) is 9.69 Å². The number of nitrogens with two attached hydrogens (primary N) is 1. The number of likely N-dealkylation sites (tertiary alicyclic amines) is 1. The van der Waals surface area contributed by atoms with E-state index in [1.54, 1.807) is 5.38 Å². The second kappa shape index (κ2) is 7.88. The highest BCUT2D eigenvalue weighted by molar-refractivity contribution is 7.09. The second-order valence-corrected chi connectivity index (χ2v) is 7.22. The lowest BCUT2D eigenvalue weighted by atomic mass is 10.0. The summed E-state index contributed by atoms with van der Waals surface area (Å²) in [4.78, 5) is 18.9. The van der Waals surface area contributed by atoms with Crippen molar-refractivity contribution in [1.29, 1.82) is 0 Å². The number of hydrogen-bond donors (Lipinski definition) is 2. The third-order valence-corrected chi connectivity index (χ3v) is 5.41. The van der Waals surface area contributed by atoms with Gasteiger partial charge in [-0.25, -0.2) is 4.98 Å². The Morgan fingerprint density at radius 1 is 1.38 bits per heavy atom. The normalized spacial score (nSPS) is 16.2. The molecule has 0 atom stereocenters. The summed E-state index contributed by atoms with van der Waals surface area (Å²) in [5, 5.41) is 5.69. The molecule has 5 nitrogen and oxygen atoms in total. The van der Waals surface area contributed by atoms with Crippen molar-refractivity contribution in [3.8, 4) is 0 Å². The van der Waals surface area contributed by atoms with Crippen LogP contribution in [0.1, 0.15) is 39.5 Å². The van der Waals surface area contributed by atoms with Gasteiger partial charge in [0.15, 0.2) is 0 Å². The van der Waals surface area contributed by atoms with E-state index in [0.29, 0.717) is 12.2 Å². The molecule has 1 aliphatic heterocycles. The first-order valence-electron chi connectivity index (χ1n) is 8.38. The zero-order valence-electron chi connectivity index (χ0n) is 14.0. The molecule has 1 aromatic heterocycles. The molecule has 2 aromatic rings. The van der Waals surface area contributed by atoms with Crippen molar-refractivity contribution in [3.63, 3.8) is 0 Å². The lowest BCUT2D eigenvalue weighted by Crippen LogP contribution is -2.44. The number of aromatic nitrogens is 1. The van der Waals surface area contributed by atoms with E-state index < -0.39 is 0 Å². The molecule has 1 aromatic carbocycles. The predicted molar refractivity (Wildman–Crippen MR) is 96.9 cm³/mol. The highest BCUT2D eigenvalue weighted by Gasteiger charge is 2.22. The van der Waals surface area contributed by atoms with Crippen LogP contribution in [-0.4, -0.2) is 34.9 Å². The van der Waals surface area contributed by atoms with Crippen molar-refractivity contribution >= 4 is 17.2 Å². The Bertz CT molecular complexity index is 692. The molecule has 1 fully saturated rings. The first-order chi connectivity index (χ1) is 11.7. The largest absolute Gasteiger partial charge is 0.348 e. The van der Waals surface area contributed by atoms with Crippen LogP contribution in [0.5, 0.6) is 0 Å². The van der Waals surface area contributed by atoms with Crippen LogP contribution in [0, 0.1) is 6.92 Å². The number of carbonyl (C=O) groups excluding carboxylic acids is 1. The summed E-state index contributed by atoms with van der Waals surface area (Å²) in [5.41, 5.74) is 8.76. The molecule has 2 heterocycles. The second-order valence-electron chi connectivity index (χ2n) is 6.28. The average molecular weight is 344 g/mol. The van der Waals surface area contributed by atoms with Gasteiger partial charge in [0, 0.05) is 37.6 Å². The molecule has 0 spiro atoms. The van der Waals surface area contributed by atoms with Crippen LogP contribution in [0.4, 0.5) is 0 Å². The van der Waals surface area contributed by atoms with Crippen LogP contribution < -0.4 is 11.1 Å². The summed E-state index contributed by atoms with van der Waals surface area (Å²) >= 11 is 1.44. The van der Waals surface area contributed by atoms with Crippen LogP contribution in [0.25, 0.3) is 0 Å². The SMILES string of the molecule is Cc1ccccc1CN1CCC(NC(=O)c2csc(CN)n2)CC1. The summed E-state index contributed by atoms with van der Waals surface area (Å²) < 4.78 is 0. The minimum absolute atomic E-state index is 0.0803. The van der Waals surface area contributed by atoms with Gasteiger partial charge < -0.3 is 11.1 Å². The van der Waals surface area contributed by atoms with Gasteiger partial charge >= 0.3 is 0 Å². The molecule has 0 saturated carbocycles. The number of nitrogens with zero attached hydrogens (tertiary/aromatic N) is 2. The fourth-order valence-corrected chi connectivity index (χ4v) is 3.69. The van der Waals surface area contributed by atoms with Crippen LogP contribution in [0.2, 0.25) is 0 Å². The van der Waals surface area contributed by atoms with Crippen LogP contribution in [0.15, 0.2) is 29.6 Å². The Labute approximate surface area is 146 Å².